The van der Waals surface area contributed by atoms with Gasteiger partial charge in [-0.2, -0.15) is 0 Å². The molecule has 3 nitrogen and oxygen atoms in total. The molecule has 0 bridgehead atoms. The molecule has 0 aliphatic rings. The maximum atomic E-state index is 11.0. The molecule has 0 N–H and O–H groups in total. The second-order valence-corrected chi connectivity index (χ2v) is 3.98. The van der Waals surface area contributed by atoms with Gasteiger partial charge >= 0.3 is 0 Å². The zero-order valence-electron chi connectivity index (χ0n) is 7.70. The van der Waals surface area contributed by atoms with Crippen molar-refractivity contribution in [1.82, 2.24) is 9.38 Å². The van der Waals surface area contributed by atoms with E-state index in [9.17, 15) is 4.79 Å². The third-order valence-corrected chi connectivity index (χ3v) is 2.56. The first-order valence-corrected chi connectivity index (χ1v) is 5.08. The highest BCUT2D eigenvalue weighted by Crippen LogP contribution is 2.16. The Balaban J connectivity index is 2.63. The molecule has 0 spiro atoms. The molecule has 4 heteroatoms. The van der Waals surface area contributed by atoms with Gasteiger partial charge in [0, 0.05) is 12.1 Å². The first-order valence-electron chi connectivity index (χ1n) is 4.29. The predicted molar refractivity (Wildman–Crippen MR) is 57.3 cm³/mol. The van der Waals surface area contributed by atoms with Crippen molar-refractivity contribution in [2.45, 2.75) is 13.3 Å². The van der Waals surface area contributed by atoms with Crippen molar-refractivity contribution < 1.29 is 4.79 Å². The van der Waals surface area contributed by atoms with Crippen molar-refractivity contribution in [3.8, 4) is 0 Å². The SMILES string of the molecule is CC(=O)Cc1cccc2ncc(Br)n12. The van der Waals surface area contributed by atoms with E-state index >= 15 is 0 Å². The van der Waals surface area contributed by atoms with Gasteiger partial charge in [-0.25, -0.2) is 4.98 Å². The molecule has 0 fully saturated rings. The average Bonchev–Trinajstić information content (AvgIpc) is 2.48. The van der Waals surface area contributed by atoms with E-state index in [1.807, 2.05) is 22.6 Å². The minimum Gasteiger partial charge on any atom is -0.300 e. The summed E-state index contributed by atoms with van der Waals surface area (Å²) in [7, 11) is 0. The fraction of sp³-hybridized carbons (Fsp3) is 0.200. The third kappa shape index (κ3) is 1.57. The number of carbonyl (C=O) groups excluding carboxylic acids is 1. The standard InChI is InChI=1S/C10H9BrN2O/c1-7(14)5-8-3-2-4-10-12-6-9(11)13(8)10/h2-4,6H,5H2,1H3. The lowest BCUT2D eigenvalue weighted by molar-refractivity contribution is -0.116. The van der Waals surface area contributed by atoms with Crippen molar-refractivity contribution in [3.05, 3.63) is 34.7 Å². The van der Waals surface area contributed by atoms with E-state index in [0.29, 0.717) is 6.42 Å². The minimum atomic E-state index is 0.151. The summed E-state index contributed by atoms with van der Waals surface area (Å²) in [5.74, 6) is 0.151. The largest absolute Gasteiger partial charge is 0.300 e. The molecule has 2 heterocycles. The van der Waals surface area contributed by atoms with Gasteiger partial charge in [0.05, 0.1) is 6.20 Å². The fourth-order valence-corrected chi connectivity index (χ4v) is 1.97. The van der Waals surface area contributed by atoms with E-state index < -0.39 is 0 Å². The first kappa shape index (κ1) is 9.40. The van der Waals surface area contributed by atoms with E-state index in [4.69, 9.17) is 0 Å². The van der Waals surface area contributed by atoms with E-state index in [1.165, 1.54) is 0 Å². The Morgan fingerprint density at radius 1 is 1.57 bits per heavy atom. The normalized spacial score (nSPS) is 10.7. The molecule has 14 heavy (non-hydrogen) atoms. The summed E-state index contributed by atoms with van der Waals surface area (Å²) < 4.78 is 2.81. The van der Waals surface area contributed by atoms with Gasteiger partial charge in [0.1, 0.15) is 16.0 Å². The van der Waals surface area contributed by atoms with Gasteiger partial charge in [-0.3, -0.25) is 9.20 Å². The zero-order chi connectivity index (χ0) is 10.1. The second kappa shape index (κ2) is 3.53. The minimum absolute atomic E-state index is 0.151. The summed E-state index contributed by atoms with van der Waals surface area (Å²) in [6, 6.07) is 5.75. The molecule has 0 radical (unpaired) electrons. The van der Waals surface area contributed by atoms with Gasteiger partial charge in [0.25, 0.3) is 0 Å². The zero-order valence-corrected chi connectivity index (χ0v) is 9.28. The van der Waals surface area contributed by atoms with Gasteiger partial charge in [0.2, 0.25) is 0 Å². The number of carbonyl (C=O) groups is 1. The summed E-state index contributed by atoms with van der Waals surface area (Å²) >= 11 is 3.40. The molecule has 0 atom stereocenters. The van der Waals surface area contributed by atoms with Gasteiger partial charge < -0.3 is 0 Å². The van der Waals surface area contributed by atoms with E-state index in [0.717, 1.165) is 15.9 Å². The molecule has 0 aliphatic heterocycles. The number of hydrogen-bond acceptors (Lipinski definition) is 2. The Kier molecular flexibility index (Phi) is 2.37. The van der Waals surface area contributed by atoms with Crippen molar-refractivity contribution in [3.63, 3.8) is 0 Å². The van der Waals surface area contributed by atoms with Crippen LogP contribution < -0.4 is 0 Å². The highest BCUT2D eigenvalue weighted by Gasteiger charge is 2.06. The van der Waals surface area contributed by atoms with Crippen LogP contribution in [-0.4, -0.2) is 15.2 Å². The van der Waals surface area contributed by atoms with Crippen LogP contribution in [0.4, 0.5) is 0 Å². The van der Waals surface area contributed by atoms with Crippen LogP contribution >= 0.6 is 15.9 Å². The molecule has 2 aromatic rings. The van der Waals surface area contributed by atoms with Crippen molar-refractivity contribution in [2.24, 2.45) is 0 Å². The number of ketones is 1. The maximum absolute atomic E-state index is 11.0. The molecule has 0 saturated heterocycles. The maximum Gasteiger partial charge on any atom is 0.137 e. The molecule has 2 aromatic heterocycles. The highest BCUT2D eigenvalue weighted by atomic mass is 79.9. The second-order valence-electron chi connectivity index (χ2n) is 3.17. The molecule has 0 aromatic carbocycles. The van der Waals surface area contributed by atoms with Crippen LogP contribution in [0.3, 0.4) is 0 Å². The molecule has 0 unspecified atom stereocenters. The fourth-order valence-electron chi connectivity index (χ4n) is 1.46. The van der Waals surface area contributed by atoms with Gasteiger partial charge in [-0.05, 0) is 35.0 Å². The summed E-state index contributed by atoms with van der Waals surface area (Å²) in [5.41, 5.74) is 1.81. The van der Waals surface area contributed by atoms with Gasteiger partial charge in [-0.15, -0.1) is 0 Å². The van der Waals surface area contributed by atoms with Crippen LogP contribution in [-0.2, 0) is 11.2 Å². The third-order valence-electron chi connectivity index (χ3n) is 2.00. The number of nitrogens with zero attached hydrogens (tertiary/aromatic N) is 2. The van der Waals surface area contributed by atoms with Crippen LogP contribution in [0.1, 0.15) is 12.6 Å². The first-order chi connectivity index (χ1) is 6.68. The Bertz CT molecular complexity index is 490. The number of pyridine rings is 1. The molecular weight excluding hydrogens is 244 g/mol. The van der Waals surface area contributed by atoms with Crippen molar-refractivity contribution in [2.75, 3.05) is 0 Å². The molecule has 2 rings (SSSR count). The van der Waals surface area contributed by atoms with Crippen LogP contribution in [0, 0.1) is 0 Å². The number of aromatic nitrogens is 2. The summed E-state index contributed by atoms with van der Waals surface area (Å²) in [6.07, 6.45) is 2.17. The van der Waals surface area contributed by atoms with Crippen LogP contribution in [0.25, 0.3) is 5.65 Å². The van der Waals surface area contributed by atoms with Crippen molar-refractivity contribution >= 4 is 27.4 Å². The number of fused-ring (bicyclic) bond motifs is 1. The topological polar surface area (TPSA) is 34.4 Å². The summed E-state index contributed by atoms with van der Waals surface area (Å²) in [4.78, 5) is 15.2. The Hall–Kier alpha value is -1.16. The quantitative estimate of drug-likeness (QED) is 0.822. The lowest BCUT2D eigenvalue weighted by Crippen LogP contribution is -2.03. The van der Waals surface area contributed by atoms with Crippen molar-refractivity contribution in [1.29, 1.82) is 0 Å². The lowest BCUT2D eigenvalue weighted by atomic mass is 10.2. The van der Waals surface area contributed by atoms with Gasteiger partial charge in [0.15, 0.2) is 0 Å². The number of rotatable bonds is 2. The smallest absolute Gasteiger partial charge is 0.137 e. The summed E-state index contributed by atoms with van der Waals surface area (Å²) in [5, 5.41) is 0. The molecule has 0 aliphatic carbocycles. The molecule has 72 valence electrons. The summed E-state index contributed by atoms with van der Waals surface area (Å²) in [6.45, 7) is 1.59. The molecule has 0 amide bonds. The van der Waals surface area contributed by atoms with E-state index in [2.05, 4.69) is 20.9 Å². The van der Waals surface area contributed by atoms with E-state index in [1.54, 1.807) is 13.1 Å². The Labute approximate surface area is 89.9 Å². The van der Waals surface area contributed by atoms with Crippen LogP contribution in [0.2, 0.25) is 0 Å². The number of imidazole rings is 1. The number of Topliss-reactive ketones (excluding diaryl/α,β-unsaturated/α-hetero) is 1. The number of halogens is 1. The number of hydrogen-bond donors (Lipinski definition) is 0. The monoisotopic (exact) mass is 252 g/mol. The van der Waals surface area contributed by atoms with E-state index in [-0.39, 0.29) is 5.78 Å². The molecular formula is C10H9BrN2O. The Morgan fingerprint density at radius 3 is 3.07 bits per heavy atom. The van der Waals surface area contributed by atoms with Gasteiger partial charge in [-0.1, -0.05) is 6.07 Å². The Morgan fingerprint density at radius 2 is 2.36 bits per heavy atom. The predicted octanol–water partition coefficient (Wildman–Crippen LogP) is 2.23. The molecule has 0 saturated carbocycles. The van der Waals surface area contributed by atoms with Crippen LogP contribution in [0.15, 0.2) is 29.0 Å². The lowest BCUT2D eigenvalue weighted by Gasteiger charge is -2.03. The average molecular weight is 253 g/mol. The van der Waals surface area contributed by atoms with Crippen LogP contribution in [0.5, 0.6) is 0 Å². The highest BCUT2D eigenvalue weighted by molar-refractivity contribution is 9.10.